The van der Waals surface area contributed by atoms with E-state index in [-0.39, 0.29) is 42.6 Å². The average Bonchev–Trinajstić information content (AvgIpc) is 3.32. The molecule has 0 spiro atoms. The van der Waals surface area contributed by atoms with Gasteiger partial charge in [-0.15, -0.1) is 6.42 Å². The molecule has 1 amide bonds. The Kier molecular flexibility index (Phi) is 8.06. The fourth-order valence-corrected chi connectivity index (χ4v) is 5.36. The van der Waals surface area contributed by atoms with E-state index in [4.69, 9.17) is 21.6 Å². The fraction of sp³-hybridized carbons (Fsp3) is 0.219. The van der Waals surface area contributed by atoms with E-state index in [1.807, 2.05) is 32.0 Å². The Morgan fingerprint density at radius 3 is 2.61 bits per heavy atom. The third-order valence-electron chi connectivity index (χ3n) is 6.95. The molecule has 41 heavy (non-hydrogen) atoms. The number of rotatable bonds is 8. The monoisotopic (exact) mass is 614 g/mol. The van der Waals surface area contributed by atoms with Gasteiger partial charge in [-0.3, -0.25) is 14.2 Å². The largest absolute Gasteiger partial charge is 0.448 e. The molecule has 0 fully saturated rings. The number of halogens is 2. The zero-order chi connectivity index (χ0) is 29.3. The topological polar surface area (TPSA) is 94.4 Å². The molecule has 2 heterocycles. The van der Waals surface area contributed by atoms with Crippen molar-refractivity contribution in [3.05, 3.63) is 110 Å². The van der Waals surface area contributed by atoms with Gasteiger partial charge < -0.3 is 15.1 Å². The Balaban J connectivity index is 1.77. The van der Waals surface area contributed by atoms with Crippen LogP contribution in [0.5, 0.6) is 0 Å². The van der Waals surface area contributed by atoms with Crippen molar-refractivity contribution in [2.45, 2.75) is 26.4 Å². The summed E-state index contributed by atoms with van der Waals surface area (Å²) in [5.41, 5.74) is 8.07. The Hall–Kier alpha value is -4.26. The molecule has 0 saturated heterocycles. The summed E-state index contributed by atoms with van der Waals surface area (Å²) < 4.78 is 22.5. The Labute approximate surface area is 244 Å². The summed E-state index contributed by atoms with van der Waals surface area (Å²) in [6.07, 6.45) is 5.63. The first-order valence-electron chi connectivity index (χ1n) is 13.2. The molecule has 0 saturated carbocycles. The van der Waals surface area contributed by atoms with Gasteiger partial charge in [-0.1, -0.05) is 47.8 Å². The molecule has 1 atom stereocenters. The number of carbonyl (C=O) groups is 1. The van der Waals surface area contributed by atoms with Crippen molar-refractivity contribution in [2.75, 3.05) is 13.1 Å². The van der Waals surface area contributed by atoms with Gasteiger partial charge in [0.1, 0.15) is 22.7 Å². The minimum atomic E-state index is -0.652. The van der Waals surface area contributed by atoms with Crippen LogP contribution in [0.15, 0.2) is 80.4 Å². The van der Waals surface area contributed by atoms with E-state index in [1.165, 1.54) is 22.8 Å². The van der Waals surface area contributed by atoms with Crippen LogP contribution in [0.25, 0.3) is 22.1 Å². The number of hydrogen-bond donors (Lipinski definition) is 1. The Bertz CT molecular complexity index is 1850. The third kappa shape index (κ3) is 5.53. The number of hydrogen-bond acceptors (Lipinski definition) is 5. The van der Waals surface area contributed by atoms with E-state index in [0.717, 1.165) is 10.0 Å². The molecule has 208 valence electrons. The lowest BCUT2D eigenvalue weighted by Gasteiger charge is -2.35. The summed E-state index contributed by atoms with van der Waals surface area (Å²) >= 11 is 3.41. The maximum absolute atomic E-state index is 14.3. The number of furan rings is 1. The smallest absolute Gasteiger partial charge is 0.297 e. The van der Waals surface area contributed by atoms with Crippen LogP contribution in [-0.4, -0.2) is 33.4 Å². The van der Waals surface area contributed by atoms with Crippen molar-refractivity contribution in [2.24, 2.45) is 11.7 Å². The van der Waals surface area contributed by atoms with Gasteiger partial charge in [0.2, 0.25) is 5.58 Å². The van der Waals surface area contributed by atoms with Crippen LogP contribution >= 0.6 is 15.9 Å². The number of fused-ring (bicyclic) bond motifs is 3. The van der Waals surface area contributed by atoms with Gasteiger partial charge in [0.05, 0.1) is 12.6 Å². The lowest BCUT2D eigenvalue weighted by atomic mass is 9.99. The molecule has 0 aliphatic heterocycles. The molecule has 7 nitrogen and oxygen atoms in total. The van der Waals surface area contributed by atoms with E-state index in [9.17, 15) is 14.0 Å². The van der Waals surface area contributed by atoms with Crippen molar-refractivity contribution in [1.29, 1.82) is 0 Å². The van der Waals surface area contributed by atoms with Gasteiger partial charge in [0.25, 0.3) is 11.5 Å². The normalized spacial score (nSPS) is 12.1. The predicted molar refractivity (Wildman–Crippen MR) is 161 cm³/mol. The summed E-state index contributed by atoms with van der Waals surface area (Å²) in [4.78, 5) is 34.6. The van der Waals surface area contributed by atoms with Crippen LogP contribution < -0.4 is 11.3 Å². The zero-order valence-electron chi connectivity index (χ0n) is 22.6. The minimum Gasteiger partial charge on any atom is -0.448 e. The number of nitrogens with zero attached hydrogens (tertiary/aromatic N) is 3. The molecular weight excluding hydrogens is 587 g/mol. The highest BCUT2D eigenvalue weighted by Gasteiger charge is 2.33. The highest BCUT2D eigenvalue weighted by atomic mass is 79.9. The van der Waals surface area contributed by atoms with Crippen LogP contribution in [0.3, 0.4) is 0 Å². The molecule has 0 aliphatic rings. The highest BCUT2D eigenvalue weighted by molar-refractivity contribution is 9.10. The lowest BCUT2D eigenvalue weighted by molar-refractivity contribution is 0.0612. The fourth-order valence-electron chi connectivity index (χ4n) is 5.10. The van der Waals surface area contributed by atoms with E-state index in [2.05, 4.69) is 21.9 Å². The molecule has 0 bridgehead atoms. The van der Waals surface area contributed by atoms with Crippen molar-refractivity contribution in [3.63, 3.8) is 0 Å². The number of nitrogens with two attached hydrogens (primary N) is 1. The standard InChI is InChI=1S/C32H28BrFN4O3/c1-4-20-6-5-7-21(16-20)18-38-30(36-27-25-17-24(34)12-13-26(25)41-29(27)32(38)40)28(19(2)3)37(15-14-35)31(39)22-8-10-23(33)11-9-22/h1,5-13,16-17,19,28H,14-15,18,35H2,2-3H3. The summed E-state index contributed by atoms with van der Waals surface area (Å²) in [5, 5.41) is 0.381. The molecule has 9 heteroatoms. The molecule has 0 aliphatic carbocycles. The number of carbonyl (C=O) groups excluding carboxylic acids is 1. The molecule has 1 unspecified atom stereocenters. The number of aromatic nitrogens is 2. The van der Waals surface area contributed by atoms with E-state index in [1.54, 1.807) is 35.2 Å². The molecule has 3 aromatic carbocycles. The van der Waals surface area contributed by atoms with Gasteiger partial charge in [-0.2, -0.15) is 0 Å². The Morgan fingerprint density at radius 2 is 1.93 bits per heavy atom. The first-order valence-corrected chi connectivity index (χ1v) is 14.0. The zero-order valence-corrected chi connectivity index (χ0v) is 24.2. The van der Waals surface area contributed by atoms with Crippen LogP contribution in [0, 0.1) is 24.1 Å². The summed E-state index contributed by atoms with van der Waals surface area (Å²) in [6, 6.07) is 17.8. The molecule has 2 aromatic heterocycles. The van der Waals surface area contributed by atoms with Gasteiger partial charge in [-0.25, -0.2) is 9.37 Å². The second-order valence-electron chi connectivity index (χ2n) is 10.1. The van der Waals surface area contributed by atoms with E-state index < -0.39 is 17.4 Å². The second-order valence-corrected chi connectivity index (χ2v) is 11.0. The van der Waals surface area contributed by atoms with Gasteiger partial charge in [0, 0.05) is 34.1 Å². The van der Waals surface area contributed by atoms with Gasteiger partial charge >= 0.3 is 0 Å². The molecule has 2 N–H and O–H groups in total. The maximum atomic E-state index is 14.3. The van der Waals surface area contributed by atoms with Crippen molar-refractivity contribution < 1.29 is 13.6 Å². The SMILES string of the molecule is C#Cc1cccc(Cn2c(C(C(C)C)N(CCN)C(=O)c3ccc(Br)cc3)nc3c(oc4ccc(F)cc43)c2=O)c1. The summed E-state index contributed by atoms with van der Waals surface area (Å²) in [5.74, 6) is 2.06. The maximum Gasteiger partial charge on any atom is 0.297 e. The minimum absolute atomic E-state index is 0.00886. The van der Waals surface area contributed by atoms with Crippen LogP contribution in [0.1, 0.15) is 47.2 Å². The van der Waals surface area contributed by atoms with Gasteiger partial charge in [0.15, 0.2) is 0 Å². The number of benzene rings is 3. The first kappa shape index (κ1) is 28.3. The van der Waals surface area contributed by atoms with Crippen LogP contribution in [0.4, 0.5) is 4.39 Å². The molecular formula is C32H28BrFN4O3. The van der Waals surface area contributed by atoms with Crippen molar-refractivity contribution in [3.8, 4) is 12.3 Å². The summed E-state index contributed by atoms with van der Waals surface area (Å²) in [6.45, 7) is 4.46. The van der Waals surface area contributed by atoms with E-state index in [0.29, 0.717) is 27.9 Å². The summed E-state index contributed by atoms with van der Waals surface area (Å²) in [7, 11) is 0. The highest BCUT2D eigenvalue weighted by Crippen LogP contribution is 2.33. The molecule has 5 rings (SSSR count). The van der Waals surface area contributed by atoms with Crippen molar-refractivity contribution in [1.82, 2.24) is 14.5 Å². The lowest BCUT2D eigenvalue weighted by Crippen LogP contribution is -2.43. The molecule has 0 radical (unpaired) electrons. The van der Waals surface area contributed by atoms with Crippen LogP contribution in [0.2, 0.25) is 0 Å². The average molecular weight is 616 g/mol. The first-order chi connectivity index (χ1) is 19.7. The van der Waals surface area contributed by atoms with E-state index >= 15 is 0 Å². The van der Waals surface area contributed by atoms with Crippen molar-refractivity contribution >= 4 is 43.9 Å². The number of terminal acetylenes is 1. The third-order valence-corrected chi connectivity index (χ3v) is 7.48. The van der Waals surface area contributed by atoms with Gasteiger partial charge in [-0.05, 0) is 66.1 Å². The second kappa shape index (κ2) is 11.7. The van der Waals surface area contributed by atoms with Crippen LogP contribution in [-0.2, 0) is 6.54 Å². The Morgan fingerprint density at radius 1 is 1.17 bits per heavy atom. The number of amides is 1. The predicted octanol–water partition coefficient (Wildman–Crippen LogP) is 5.87. The quantitative estimate of drug-likeness (QED) is 0.221. The molecule has 5 aromatic rings.